The lowest BCUT2D eigenvalue weighted by Crippen LogP contribution is -2.40. The van der Waals surface area contributed by atoms with E-state index in [1.807, 2.05) is 12.1 Å². The number of nitro benzene ring substituents is 1. The van der Waals surface area contributed by atoms with Crippen LogP contribution in [-0.2, 0) is 0 Å². The Morgan fingerprint density at radius 1 is 1.30 bits per heavy atom. The number of carbonyl (C=O) groups is 1. The second-order valence-corrected chi connectivity index (χ2v) is 6.58. The first-order chi connectivity index (χ1) is 13.1. The third-order valence-corrected chi connectivity index (χ3v) is 4.88. The molecule has 1 saturated heterocycles. The van der Waals surface area contributed by atoms with E-state index in [0.29, 0.717) is 12.2 Å². The molecule has 0 spiro atoms. The van der Waals surface area contributed by atoms with Gasteiger partial charge in [-0.15, -0.1) is 0 Å². The van der Waals surface area contributed by atoms with Gasteiger partial charge in [-0.25, -0.2) is 0 Å². The number of anilines is 1. The van der Waals surface area contributed by atoms with E-state index in [1.54, 1.807) is 25.4 Å². The van der Waals surface area contributed by atoms with E-state index in [0.717, 1.165) is 31.7 Å². The maximum Gasteiger partial charge on any atom is 0.293 e. The van der Waals surface area contributed by atoms with Crippen molar-refractivity contribution in [3.63, 3.8) is 0 Å². The molecule has 1 aliphatic rings. The number of amides is 1. The number of nitro groups is 1. The van der Waals surface area contributed by atoms with Gasteiger partial charge in [-0.3, -0.25) is 19.8 Å². The molecule has 0 bridgehead atoms. The van der Waals surface area contributed by atoms with Crippen LogP contribution in [0.2, 0.25) is 0 Å². The number of hydrogen-bond donors (Lipinski definition) is 2. The summed E-state index contributed by atoms with van der Waals surface area (Å²) in [6, 6.07) is 8.13. The number of rotatable bonds is 7. The van der Waals surface area contributed by atoms with Gasteiger partial charge in [-0.1, -0.05) is 6.42 Å². The Morgan fingerprint density at radius 3 is 2.70 bits per heavy atom. The molecule has 27 heavy (non-hydrogen) atoms. The molecule has 1 atom stereocenters. The average molecular weight is 372 g/mol. The van der Waals surface area contributed by atoms with E-state index in [1.165, 1.54) is 12.5 Å². The van der Waals surface area contributed by atoms with E-state index in [2.05, 4.69) is 15.5 Å². The minimum absolute atomic E-state index is 0.0455. The van der Waals surface area contributed by atoms with Crippen molar-refractivity contribution < 1.29 is 14.1 Å². The van der Waals surface area contributed by atoms with Crippen LogP contribution in [0.5, 0.6) is 0 Å². The molecule has 3 rings (SSSR count). The lowest BCUT2D eigenvalue weighted by atomic mass is 10.1. The summed E-state index contributed by atoms with van der Waals surface area (Å²) < 4.78 is 5.58. The van der Waals surface area contributed by atoms with Crippen LogP contribution >= 0.6 is 0 Å². The molecule has 1 aromatic heterocycles. The zero-order chi connectivity index (χ0) is 19.2. The van der Waals surface area contributed by atoms with Gasteiger partial charge in [0.25, 0.3) is 11.6 Å². The molecule has 144 valence electrons. The molecule has 2 N–H and O–H groups in total. The summed E-state index contributed by atoms with van der Waals surface area (Å²) in [5, 5.41) is 16.9. The first-order valence-electron chi connectivity index (χ1n) is 9.12. The molecule has 1 unspecified atom stereocenters. The summed E-state index contributed by atoms with van der Waals surface area (Å²) in [5.74, 6) is 0.475. The van der Waals surface area contributed by atoms with Crippen molar-refractivity contribution in [3.05, 3.63) is 58.0 Å². The van der Waals surface area contributed by atoms with Crippen LogP contribution in [0.15, 0.2) is 41.0 Å². The Kier molecular flexibility index (Phi) is 6.08. The van der Waals surface area contributed by atoms with Crippen LogP contribution in [0, 0.1) is 10.1 Å². The fraction of sp³-hybridized carbons (Fsp3) is 0.421. The van der Waals surface area contributed by atoms with Gasteiger partial charge in [0, 0.05) is 25.2 Å². The van der Waals surface area contributed by atoms with Crippen molar-refractivity contribution in [2.24, 2.45) is 0 Å². The smallest absolute Gasteiger partial charge is 0.293 e. The molecule has 1 fully saturated rings. The summed E-state index contributed by atoms with van der Waals surface area (Å²) in [6.45, 7) is 2.31. The molecule has 0 radical (unpaired) electrons. The lowest BCUT2D eigenvalue weighted by Gasteiger charge is -2.33. The standard InChI is InChI=1S/C19H24N4O4/c1-20-15-8-7-14(12-16(15)23(25)26)19(24)21-13-17(18-6-5-11-27-18)22-9-3-2-4-10-22/h5-8,11-12,17,20H,2-4,9-10,13H2,1H3,(H,21,24). The number of nitrogens with zero attached hydrogens (tertiary/aromatic N) is 2. The highest BCUT2D eigenvalue weighted by atomic mass is 16.6. The highest BCUT2D eigenvalue weighted by Gasteiger charge is 2.25. The average Bonchev–Trinajstić information content (AvgIpc) is 3.22. The third kappa shape index (κ3) is 4.46. The lowest BCUT2D eigenvalue weighted by molar-refractivity contribution is -0.384. The Hall–Kier alpha value is -2.87. The predicted octanol–water partition coefficient (Wildman–Crippen LogP) is 3.19. The van der Waals surface area contributed by atoms with Crippen molar-refractivity contribution in [3.8, 4) is 0 Å². The largest absolute Gasteiger partial charge is 0.468 e. The Morgan fingerprint density at radius 2 is 2.07 bits per heavy atom. The van der Waals surface area contributed by atoms with Crippen LogP contribution in [0.25, 0.3) is 0 Å². The van der Waals surface area contributed by atoms with Crippen molar-refractivity contribution in [1.82, 2.24) is 10.2 Å². The van der Waals surface area contributed by atoms with Crippen molar-refractivity contribution in [1.29, 1.82) is 0 Å². The van der Waals surface area contributed by atoms with Crippen LogP contribution in [0.4, 0.5) is 11.4 Å². The topological polar surface area (TPSA) is 101 Å². The number of nitrogens with one attached hydrogen (secondary N) is 2. The summed E-state index contributed by atoms with van der Waals surface area (Å²) >= 11 is 0. The minimum Gasteiger partial charge on any atom is -0.468 e. The summed E-state index contributed by atoms with van der Waals surface area (Å²) in [4.78, 5) is 25.6. The monoisotopic (exact) mass is 372 g/mol. The van der Waals surface area contributed by atoms with Gasteiger partial charge >= 0.3 is 0 Å². The molecule has 0 aliphatic carbocycles. The van der Waals surface area contributed by atoms with Gasteiger partial charge in [-0.2, -0.15) is 0 Å². The number of carbonyl (C=O) groups excluding carboxylic acids is 1. The molecule has 1 amide bonds. The number of hydrogen-bond acceptors (Lipinski definition) is 6. The maximum atomic E-state index is 12.6. The maximum absolute atomic E-state index is 12.6. The van der Waals surface area contributed by atoms with Crippen molar-refractivity contribution in [2.45, 2.75) is 25.3 Å². The van der Waals surface area contributed by atoms with Gasteiger partial charge in [-0.05, 0) is 50.2 Å². The molecule has 1 aliphatic heterocycles. The fourth-order valence-corrected chi connectivity index (χ4v) is 3.45. The van der Waals surface area contributed by atoms with E-state index < -0.39 is 4.92 Å². The summed E-state index contributed by atoms with van der Waals surface area (Å²) in [5.41, 5.74) is 0.514. The Bertz CT molecular complexity index is 785. The number of likely N-dealkylation sites (tertiary alicyclic amines) is 1. The van der Waals surface area contributed by atoms with Crippen LogP contribution < -0.4 is 10.6 Å². The van der Waals surface area contributed by atoms with Gasteiger partial charge < -0.3 is 15.1 Å². The first-order valence-corrected chi connectivity index (χ1v) is 9.12. The van der Waals surface area contributed by atoms with Gasteiger partial charge in [0.05, 0.1) is 17.2 Å². The van der Waals surface area contributed by atoms with Crippen LogP contribution in [0.1, 0.15) is 41.4 Å². The molecule has 0 saturated carbocycles. The van der Waals surface area contributed by atoms with E-state index in [9.17, 15) is 14.9 Å². The third-order valence-electron chi connectivity index (χ3n) is 4.88. The van der Waals surface area contributed by atoms with E-state index in [-0.39, 0.29) is 23.2 Å². The van der Waals surface area contributed by atoms with Gasteiger partial charge in [0.15, 0.2) is 0 Å². The fourth-order valence-electron chi connectivity index (χ4n) is 3.45. The van der Waals surface area contributed by atoms with Gasteiger partial charge in [0.2, 0.25) is 0 Å². The first kappa shape index (κ1) is 18.9. The summed E-state index contributed by atoms with van der Waals surface area (Å²) in [7, 11) is 1.61. The molecule has 1 aromatic carbocycles. The van der Waals surface area contributed by atoms with Crippen molar-refractivity contribution >= 4 is 17.3 Å². The zero-order valence-corrected chi connectivity index (χ0v) is 15.3. The van der Waals surface area contributed by atoms with Crippen molar-refractivity contribution in [2.75, 3.05) is 32.0 Å². The quantitative estimate of drug-likeness (QED) is 0.572. The minimum atomic E-state index is -0.498. The SMILES string of the molecule is CNc1ccc(C(=O)NCC(c2ccco2)N2CCCCC2)cc1[N+](=O)[O-]. The second kappa shape index (κ2) is 8.68. The molecule has 2 heterocycles. The highest BCUT2D eigenvalue weighted by molar-refractivity contribution is 5.95. The number of benzene rings is 1. The number of piperidine rings is 1. The zero-order valence-electron chi connectivity index (χ0n) is 15.3. The Balaban J connectivity index is 1.72. The van der Waals surface area contributed by atoms with Crippen LogP contribution in [-0.4, -0.2) is 42.4 Å². The molecule has 8 nitrogen and oxygen atoms in total. The molecular formula is C19H24N4O4. The summed E-state index contributed by atoms with van der Waals surface area (Å²) in [6.07, 6.45) is 5.11. The molecule has 2 aromatic rings. The Labute approximate surface area is 157 Å². The normalized spacial score (nSPS) is 15.9. The predicted molar refractivity (Wildman–Crippen MR) is 102 cm³/mol. The second-order valence-electron chi connectivity index (χ2n) is 6.58. The van der Waals surface area contributed by atoms with Crippen LogP contribution in [0.3, 0.4) is 0 Å². The number of furan rings is 1. The molecular weight excluding hydrogens is 348 g/mol. The van der Waals surface area contributed by atoms with Gasteiger partial charge in [0.1, 0.15) is 11.4 Å². The highest BCUT2D eigenvalue weighted by Crippen LogP contribution is 2.26. The molecule has 8 heteroatoms. The van der Waals surface area contributed by atoms with E-state index in [4.69, 9.17) is 4.42 Å². The van der Waals surface area contributed by atoms with E-state index >= 15 is 0 Å².